The van der Waals surface area contributed by atoms with Crippen LogP contribution in [0.5, 0.6) is 11.5 Å². The van der Waals surface area contributed by atoms with Crippen LogP contribution in [0.1, 0.15) is 78.1 Å². The maximum Gasteiger partial charge on any atom is 0.411 e. The van der Waals surface area contributed by atoms with Crippen LogP contribution in [0.25, 0.3) is 0 Å². The largest absolute Gasteiger partial charge is 0.493 e. The van der Waals surface area contributed by atoms with Crippen LogP contribution in [0.15, 0.2) is 18.2 Å². The molecule has 0 aromatic heterocycles. The lowest BCUT2D eigenvalue weighted by Gasteiger charge is -2.14. The predicted molar refractivity (Wildman–Crippen MR) is 110 cm³/mol. The van der Waals surface area contributed by atoms with Gasteiger partial charge in [0.05, 0.1) is 18.9 Å². The molecule has 1 N–H and O–H groups in total. The van der Waals surface area contributed by atoms with Gasteiger partial charge in [-0.1, -0.05) is 65.2 Å². The van der Waals surface area contributed by atoms with E-state index in [1.807, 2.05) is 12.1 Å². The Hall–Kier alpha value is -1.91. The molecule has 0 fully saturated rings. The zero-order chi connectivity index (χ0) is 19.7. The van der Waals surface area contributed by atoms with E-state index in [0.717, 1.165) is 25.0 Å². The molecule has 0 atom stereocenters. The summed E-state index contributed by atoms with van der Waals surface area (Å²) >= 11 is 0. The van der Waals surface area contributed by atoms with Gasteiger partial charge in [0.1, 0.15) is 18.6 Å². The van der Waals surface area contributed by atoms with Gasteiger partial charge in [-0.2, -0.15) is 0 Å². The molecule has 1 aromatic carbocycles. The zero-order valence-electron chi connectivity index (χ0n) is 17.1. The Labute approximate surface area is 164 Å². The maximum atomic E-state index is 11.5. The molecule has 0 unspecified atom stereocenters. The molecule has 5 heteroatoms. The summed E-state index contributed by atoms with van der Waals surface area (Å²) < 4.78 is 16.2. The van der Waals surface area contributed by atoms with E-state index in [0.29, 0.717) is 24.7 Å². The Morgan fingerprint density at radius 3 is 2.07 bits per heavy atom. The minimum absolute atomic E-state index is 0.563. The maximum absolute atomic E-state index is 11.5. The first-order valence-electron chi connectivity index (χ1n) is 10.3. The fourth-order valence-corrected chi connectivity index (χ4v) is 2.74. The quantitative estimate of drug-likeness (QED) is 0.344. The molecule has 0 saturated heterocycles. The van der Waals surface area contributed by atoms with Crippen molar-refractivity contribution < 1.29 is 19.0 Å². The van der Waals surface area contributed by atoms with Crippen LogP contribution in [0.2, 0.25) is 0 Å². The van der Waals surface area contributed by atoms with Crippen molar-refractivity contribution >= 4 is 11.8 Å². The Bertz CT molecular complexity index is 519. The van der Waals surface area contributed by atoms with Gasteiger partial charge in [0.2, 0.25) is 0 Å². The Kier molecular flexibility index (Phi) is 13.0. The van der Waals surface area contributed by atoms with Gasteiger partial charge in [-0.25, -0.2) is 4.79 Å². The normalized spacial score (nSPS) is 10.5. The van der Waals surface area contributed by atoms with Crippen LogP contribution >= 0.6 is 0 Å². The molecular weight excluding hydrogens is 342 g/mol. The van der Waals surface area contributed by atoms with Gasteiger partial charge >= 0.3 is 6.09 Å². The monoisotopic (exact) mass is 378 g/mol. The fourth-order valence-electron chi connectivity index (χ4n) is 2.74. The molecule has 0 bridgehead atoms. The van der Waals surface area contributed by atoms with E-state index in [9.17, 15) is 4.79 Å². The SMILES string of the molecule is [CH2]OC(=O)Nc1ccc(OCCCCCCC)cc1OCCCCCCC. The van der Waals surface area contributed by atoms with E-state index in [1.54, 1.807) is 6.07 Å². The molecule has 0 heterocycles. The lowest BCUT2D eigenvalue weighted by molar-refractivity contribution is 0.199. The van der Waals surface area contributed by atoms with Gasteiger partial charge in [0, 0.05) is 6.07 Å². The number of hydrogen-bond acceptors (Lipinski definition) is 4. The molecular formula is C22H36NO4. The predicted octanol–water partition coefficient (Wildman–Crippen LogP) is 6.73. The number of ether oxygens (including phenoxy) is 3. The molecule has 0 aliphatic carbocycles. The summed E-state index contributed by atoms with van der Waals surface area (Å²) in [6.07, 6.45) is 11.2. The molecule has 1 rings (SSSR count). The number of carbonyl (C=O) groups excluding carboxylic acids is 1. The highest BCUT2D eigenvalue weighted by molar-refractivity contribution is 5.87. The van der Waals surface area contributed by atoms with Crippen molar-refractivity contribution in [3.8, 4) is 11.5 Å². The average molecular weight is 379 g/mol. The molecule has 0 saturated carbocycles. The second-order valence-electron chi connectivity index (χ2n) is 6.74. The first-order valence-corrected chi connectivity index (χ1v) is 10.3. The van der Waals surface area contributed by atoms with E-state index < -0.39 is 6.09 Å². The third-order valence-corrected chi connectivity index (χ3v) is 4.34. The standard InChI is InChI=1S/C22H36NO4/c1-4-6-8-10-12-16-26-19-14-15-20(23-22(24)25-3)21(18-19)27-17-13-11-9-7-5-2/h14-15,18H,3-13,16-17H2,1-2H3,(H,23,24). The average Bonchev–Trinajstić information content (AvgIpc) is 2.68. The second-order valence-corrected chi connectivity index (χ2v) is 6.74. The fraction of sp³-hybridized carbons (Fsp3) is 0.636. The summed E-state index contributed by atoms with van der Waals surface area (Å²) in [4.78, 5) is 11.5. The van der Waals surface area contributed by atoms with E-state index in [4.69, 9.17) is 9.47 Å². The van der Waals surface area contributed by atoms with Crippen molar-refractivity contribution in [2.45, 2.75) is 78.1 Å². The summed E-state index contributed by atoms with van der Waals surface area (Å²) in [5, 5.41) is 2.63. The van der Waals surface area contributed by atoms with Crippen molar-refractivity contribution in [3.63, 3.8) is 0 Å². The minimum Gasteiger partial charge on any atom is -0.493 e. The molecule has 1 aromatic rings. The van der Waals surface area contributed by atoms with Gasteiger partial charge < -0.3 is 14.2 Å². The molecule has 1 amide bonds. The minimum atomic E-state index is -0.618. The smallest absolute Gasteiger partial charge is 0.411 e. The highest BCUT2D eigenvalue weighted by atomic mass is 16.5. The molecule has 0 spiro atoms. The molecule has 27 heavy (non-hydrogen) atoms. The lowest BCUT2D eigenvalue weighted by atomic mass is 10.2. The van der Waals surface area contributed by atoms with Crippen molar-refractivity contribution in [3.05, 3.63) is 25.3 Å². The number of carbonyl (C=O) groups is 1. The summed E-state index contributed by atoms with van der Waals surface area (Å²) in [5.74, 6) is 1.35. The second kappa shape index (κ2) is 15.2. The molecule has 153 valence electrons. The van der Waals surface area contributed by atoms with Crippen LogP contribution in [0.4, 0.5) is 10.5 Å². The summed E-state index contributed by atoms with van der Waals surface area (Å²) in [5.41, 5.74) is 0.563. The molecule has 5 nitrogen and oxygen atoms in total. The van der Waals surface area contributed by atoms with Crippen molar-refractivity contribution in [1.29, 1.82) is 0 Å². The number of amides is 1. The lowest BCUT2D eigenvalue weighted by Crippen LogP contribution is -2.12. The summed E-state index contributed by atoms with van der Waals surface area (Å²) in [6, 6.07) is 5.44. The van der Waals surface area contributed by atoms with E-state index in [-0.39, 0.29) is 0 Å². The highest BCUT2D eigenvalue weighted by Gasteiger charge is 2.10. The van der Waals surface area contributed by atoms with Gasteiger partial charge in [0.15, 0.2) is 0 Å². The number of unbranched alkanes of at least 4 members (excludes halogenated alkanes) is 8. The number of anilines is 1. The van der Waals surface area contributed by atoms with Gasteiger partial charge in [-0.3, -0.25) is 5.32 Å². The third kappa shape index (κ3) is 10.7. The summed E-state index contributed by atoms with van der Waals surface area (Å²) in [6.45, 7) is 5.71. The van der Waals surface area contributed by atoms with Crippen LogP contribution < -0.4 is 14.8 Å². The van der Waals surface area contributed by atoms with E-state index in [2.05, 4.69) is 31.0 Å². The van der Waals surface area contributed by atoms with Gasteiger partial charge in [-0.05, 0) is 25.0 Å². The summed E-state index contributed by atoms with van der Waals surface area (Å²) in [7, 11) is 3.13. The molecule has 1 radical (unpaired) electrons. The first kappa shape index (κ1) is 23.1. The molecule has 0 aliphatic rings. The van der Waals surface area contributed by atoms with E-state index in [1.165, 1.54) is 44.9 Å². The van der Waals surface area contributed by atoms with Crippen LogP contribution in [0, 0.1) is 7.11 Å². The number of rotatable bonds is 15. The third-order valence-electron chi connectivity index (χ3n) is 4.34. The van der Waals surface area contributed by atoms with Crippen molar-refractivity contribution in [2.24, 2.45) is 0 Å². The number of nitrogens with one attached hydrogen (secondary N) is 1. The van der Waals surface area contributed by atoms with Gasteiger partial charge in [0.25, 0.3) is 0 Å². The van der Waals surface area contributed by atoms with Gasteiger partial charge in [-0.15, -0.1) is 0 Å². The Morgan fingerprint density at radius 1 is 0.889 bits per heavy atom. The Balaban J connectivity index is 2.54. The Morgan fingerprint density at radius 2 is 1.48 bits per heavy atom. The highest BCUT2D eigenvalue weighted by Crippen LogP contribution is 2.30. The van der Waals surface area contributed by atoms with E-state index >= 15 is 0 Å². The van der Waals surface area contributed by atoms with Crippen LogP contribution in [-0.2, 0) is 4.74 Å². The number of benzene rings is 1. The van der Waals surface area contributed by atoms with Crippen molar-refractivity contribution in [1.82, 2.24) is 0 Å². The van der Waals surface area contributed by atoms with Crippen molar-refractivity contribution in [2.75, 3.05) is 18.5 Å². The molecule has 0 aliphatic heterocycles. The van der Waals surface area contributed by atoms with Crippen LogP contribution in [-0.4, -0.2) is 19.3 Å². The first-order chi connectivity index (χ1) is 13.2. The zero-order valence-corrected chi connectivity index (χ0v) is 17.1. The number of hydrogen-bond donors (Lipinski definition) is 1. The van der Waals surface area contributed by atoms with Crippen LogP contribution in [0.3, 0.4) is 0 Å². The topological polar surface area (TPSA) is 56.8 Å².